The molecular formula is C24H20N2O2. The highest BCUT2D eigenvalue weighted by atomic mass is 16.2. The van der Waals surface area contributed by atoms with Crippen LogP contribution in [0.3, 0.4) is 0 Å². The van der Waals surface area contributed by atoms with E-state index in [4.69, 9.17) is 0 Å². The fourth-order valence-electron chi connectivity index (χ4n) is 3.36. The van der Waals surface area contributed by atoms with Crippen LogP contribution in [-0.4, -0.2) is 17.5 Å². The van der Waals surface area contributed by atoms with E-state index in [2.05, 4.69) is 12.1 Å². The topological polar surface area (TPSA) is 42.3 Å². The third-order valence-corrected chi connectivity index (χ3v) is 4.90. The quantitative estimate of drug-likeness (QED) is 0.538. The molecule has 4 nitrogen and oxygen atoms in total. The summed E-state index contributed by atoms with van der Waals surface area (Å²) >= 11 is 0. The van der Waals surface area contributed by atoms with Gasteiger partial charge in [-0.3, -0.25) is 9.59 Å². The summed E-state index contributed by atoms with van der Waals surface area (Å²) in [5.74, 6) is -0.155. The molecule has 0 spiro atoms. The van der Waals surface area contributed by atoms with Gasteiger partial charge in [0, 0.05) is 25.0 Å². The molecule has 0 fully saturated rings. The van der Waals surface area contributed by atoms with E-state index in [0.717, 1.165) is 22.0 Å². The zero-order valence-electron chi connectivity index (χ0n) is 15.6. The molecule has 28 heavy (non-hydrogen) atoms. The zero-order valence-corrected chi connectivity index (χ0v) is 15.6. The molecule has 0 N–H and O–H groups in total. The number of anilines is 1. The van der Waals surface area contributed by atoms with Gasteiger partial charge in [-0.2, -0.15) is 0 Å². The summed E-state index contributed by atoms with van der Waals surface area (Å²) in [6.07, 6.45) is 1.64. The van der Waals surface area contributed by atoms with E-state index in [1.807, 2.05) is 60.7 Å². The molecule has 4 aromatic rings. The Bertz CT molecular complexity index is 1190. The number of carbonyl (C=O) groups is 1. The highest BCUT2D eigenvalue weighted by Crippen LogP contribution is 2.19. The molecule has 0 atom stereocenters. The van der Waals surface area contributed by atoms with Crippen LogP contribution in [0.25, 0.3) is 10.8 Å². The minimum Gasteiger partial charge on any atom is -0.311 e. The predicted octanol–water partition coefficient (Wildman–Crippen LogP) is 4.33. The lowest BCUT2D eigenvalue weighted by Gasteiger charge is -2.18. The molecule has 1 amide bonds. The first-order valence-corrected chi connectivity index (χ1v) is 9.14. The van der Waals surface area contributed by atoms with E-state index in [-0.39, 0.29) is 11.5 Å². The molecule has 0 aliphatic carbocycles. The number of para-hydroxylation sites is 1. The fourth-order valence-corrected chi connectivity index (χ4v) is 3.36. The van der Waals surface area contributed by atoms with Gasteiger partial charge in [-0.25, -0.2) is 0 Å². The molecule has 0 unspecified atom stereocenters. The minimum absolute atomic E-state index is 0.133. The van der Waals surface area contributed by atoms with E-state index in [0.29, 0.717) is 12.1 Å². The predicted molar refractivity (Wildman–Crippen MR) is 113 cm³/mol. The number of benzene rings is 3. The summed E-state index contributed by atoms with van der Waals surface area (Å²) in [7, 11) is 1.73. The Kier molecular flexibility index (Phi) is 4.77. The molecule has 1 aromatic heterocycles. The van der Waals surface area contributed by atoms with Gasteiger partial charge in [0.1, 0.15) is 0 Å². The molecule has 0 saturated heterocycles. The van der Waals surface area contributed by atoms with Gasteiger partial charge in [0.2, 0.25) is 0 Å². The van der Waals surface area contributed by atoms with Crippen LogP contribution >= 0.6 is 0 Å². The summed E-state index contributed by atoms with van der Waals surface area (Å²) < 4.78 is 1.59. The first-order valence-electron chi connectivity index (χ1n) is 9.14. The Balaban J connectivity index is 1.68. The van der Waals surface area contributed by atoms with Crippen molar-refractivity contribution in [2.24, 2.45) is 0 Å². The van der Waals surface area contributed by atoms with Crippen LogP contribution < -0.4 is 10.5 Å². The maximum absolute atomic E-state index is 12.9. The maximum atomic E-state index is 12.9. The summed E-state index contributed by atoms with van der Waals surface area (Å²) in [6.45, 7) is 0.413. The third kappa shape index (κ3) is 3.45. The molecule has 0 radical (unpaired) electrons. The number of fused-ring (bicyclic) bond motifs is 1. The molecule has 0 aliphatic heterocycles. The van der Waals surface area contributed by atoms with Crippen molar-refractivity contribution in [2.75, 3.05) is 11.9 Å². The number of hydrogen-bond acceptors (Lipinski definition) is 2. The Morgan fingerprint density at radius 3 is 2.39 bits per heavy atom. The standard InChI is InChI=1S/C24H20N2O2/c1-25(21-11-3-2-4-12-21)24(28)20-14-15-23(27)26(17-20)16-19-10-7-9-18-8-5-6-13-22(18)19/h2-15,17H,16H2,1H3. The molecule has 0 bridgehead atoms. The first kappa shape index (κ1) is 17.7. The monoisotopic (exact) mass is 368 g/mol. The van der Waals surface area contributed by atoms with Gasteiger partial charge in [-0.05, 0) is 34.5 Å². The van der Waals surface area contributed by atoms with Crippen LogP contribution in [0.2, 0.25) is 0 Å². The first-order chi connectivity index (χ1) is 13.6. The van der Waals surface area contributed by atoms with Crippen LogP contribution in [0.1, 0.15) is 15.9 Å². The molecule has 4 rings (SSSR count). The van der Waals surface area contributed by atoms with Crippen molar-refractivity contribution in [3.63, 3.8) is 0 Å². The molecule has 138 valence electrons. The number of nitrogens with zero attached hydrogens (tertiary/aromatic N) is 2. The number of rotatable bonds is 4. The SMILES string of the molecule is CN(C(=O)c1ccc(=O)n(Cc2cccc3ccccc23)c1)c1ccccc1. The van der Waals surface area contributed by atoms with Gasteiger partial charge in [0.05, 0.1) is 12.1 Å². The Hall–Kier alpha value is -3.66. The van der Waals surface area contributed by atoms with Gasteiger partial charge in [0.25, 0.3) is 11.5 Å². The van der Waals surface area contributed by atoms with E-state index < -0.39 is 0 Å². The summed E-state index contributed by atoms with van der Waals surface area (Å²) in [5.41, 5.74) is 2.19. The normalized spacial score (nSPS) is 10.8. The molecule has 1 heterocycles. The second-order valence-corrected chi connectivity index (χ2v) is 6.72. The molecule has 0 saturated carbocycles. The Morgan fingerprint density at radius 2 is 1.57 bits per heavy atom. The second kappa shape index (κ2) is 7.53. The van der Waals surface area contributed by atoms with Crippen molar-refractivity contribution >= 4 is 22.4 Å². The largest absolute Gasteiger partial charge is 0.311 e. The lowest BCUT2D eigenvalue weighted by molar-refractivity contribution is 0.0992. The highest BCUT2D eigenvalue weighted by molar-refractivity contribution is 6.05. The second-order valence-electron chi connectivity index (χ2n) is 6.72. The van der Waals surface area contributed by atoms with E-state index in [1.165, 1.54) is 6.07 Å². The van der Waals surface area contributed by atoms with Crippen LogP contribution in [0, 0.1) is 0 Å². The third-order valence-electron chi connectivity index (χ3n) is 4.90. The van der Waals surface area contributed by atoms with Gasteiger partial charge in [0.15, 0.2) is 0 Å². The van der Waals surface area contributed by atoms with Gasteiger partial charge in [-0.15, -0.1) is 0 Å². The number of amides is 1. The molecule has 3 aromatic carbocycles. The lowest BCUT2D eigenvalue weighted by Crippen LogP contribution is -2.28. The van der Waals surface area contributed by atoms with Gasteiger partial charge in [-0.1, -0.05) is 60.7 Å². The van der Waals surface area contributed by atoms with Crippen molar-refractivity contribution < 1.29 is 4.79 Å². The molecule has 0 aliphatic rings. The summed E-state index contributed by atoms with van der Waals surface area (Å²) in [6, 6.07) is 26.6. The average molecular weight is 368 g/mol. The smallest absolute Gasteiger partial charge is 0.259 e. The van der Waals surface area contributed by atoms with Crippen molar-refractivity contribution in [1.29, 1.82) is 0 Å². The van der Waals surface area contributed by atoms with Crippen molar-refractivity contribution in [3.8, 4) is 0 Å². The average Bonchev–Trinajstić information content (AvgIpc) is 2.75. The van der Waals surface area contributed by atoms with Gasteiger partial charge >= 0.3 is 0 Å². The van der Waals surface area contributed by atoms with Gasteiger partial charge < -0.3 is 9.47 Å². The number of aromatic nitrogens is 1. The number of carbonyl (C=O) groups excluding carboxylic acids is 1. The number of pyridine rings is 1. The Labute approximate surface area is 163 Å². The molecular weight excluding hydrogens is 348 g/mol. The fraction of sp³-hybridized carbons (Fsp3) is 0.0833. The van der Waals surface area contributed by atoms with Crippen LogP contribution in [-0.2, 0) is 6.54 Å². The van der Waals surface area contributed by atoms with Crippen LogP contribution in [0.5, 0.6) is 0 Å². The number of hydrogen-bond donors (Lipinski definition) is 0. The van der Waals surface area contributed by atoms with E-state index in [9.17, 15) is 9.59 Å². The van der Waals surface area contributed by atoms with E-state index in [1.54, 1.807) is 28.8 Å². The maximum Gasteiger partial charge on any atom is 0.259 e. The van der Waals surface area contributed by atoms with E-state index >= 15 is 0 Å². The van der Waals surface area contributed by atoms with Crippen molar-refractivity contribution in [3.05, 3.63) is 113 Å². The Morgan fingerprint density at radius 1 is 0.857 bits per heavy atom. The summed E-state index contributed by atoms with van der Waals surface area (Å²) in [4.78, 5) is 26.9. The van der Waals surface area contributed by atoms with Crippen LogP contribution in [0.4, 0.5) is 5.69 Å². The lowest BCUT2D eigenvalue weighted by atomic mass is 10.0. The van der Waals surface area contributed by atoms with Crippen molar-refractivity contribution in [1.82, 2.24) is 4.57 Å². The summed E-state index contributed by atoms with van der Waals surface area (Å²) in [5, 5.41) is 2.24. The highest BCUT2D eigenvalue weighted by Gasteiger charge is 2.14. The zero-order chi connectivity index (χ0) is 19.5. The van der Waals surface area contributed by atoms with Crippen molar-refractivity contribution in [2.45, 2.75) is 6.54 Å². The minimum atomic E-state index is -0.155. The van der Waals surface area contributed by atoms with Crippen LogP contribution in [0.15, 0.2) is 95.9 Å². The molecule has 4 heteroatoms.